The zero-order chi connectivity index (χ0) is 16.5. The minimum Gasteiger partial charge on any atom is -0.258 e. The van der Waals surface area contributed by atoms with Crippen LogP contribution < -0.4 is 0 Å². The molecule has 0 aliphatic heterocycles. The number of aromatic nitrogens is 2. The van der Waals surface area contributed by atoms with E-state index < -0.39 is 0 Å². The Labute approximate surface area is 147 Å². The number of fused-ring (bicyclic) bond motifs is 3. The molecule has 7 heteroatoms. The normalized spacial score (nSPS) is 13.8. The van der Waals surface area contributed by atoms with Crippen molar-refractivity contribution in [1.82, 2.24) is 9.97 Å². The standard InChI is InChI=1S/C17H15N3O2S2/c21-20(22)12-7-5-11(6-8-12)9-23-16-15-13-3-1-2-4-14(13)24-17(15)19-10-18-16/h5-8,10H,1-4,9H2. The highest BCUT2D eigenvalue weighted by atomic mass is 32.2. The molecule has 4 rings (SSSR count). The lowest BCUT2D eigenvalue weighted by Gasteiger charge is -2.11. The molecule has 3 aromatic rings. The lowest BCUT2D eigenvalue weighted by atomic mass is 9.97. The number of nitro benzene ring substituents is 1. The maximum absolute atomic E-state index is 10.7. The fourth-order valence-electron chi connectivity index (χ4n) is 3.04. The minimum atomic E-state index is -0.372. The van der Waals surface area contributed by atoms with Crippen LogP contribution in [-0.2, 0) is 18.6 Å². The Morgan fingerprint density at radius 1 is 1.17 bits per heavy atom. The van der Waals surface area contributed by atoms with E-state index in [1.54, 1.807) is 41.6 Å². The number of non-ortho nitro benzene ring substituents is 1. The lowest BCUT2D eigenvalue weighted by Crippen LogP contribution is -1.99. The van der Waals surface area contributed by atoms with Crippen LogP contribution in [0.5, 0.6) is 0 Å². The van der Waals surface area contributed by atoms with Gasteiger partial charge in [0.2, 0.25) is 0 Å². The monoisotopic (exact) mass is 357 g/mol. The maximum atomic E-state index is 10.7. The summed E-state index contributed by atoms with van der Waals surface area (Å²) in [6, 6.07) is 6.73. The molecule has 1 aliphatic rings. The first-order valence-electron chi connectivity index (χ1n) is 7.84. The molecule has 0 radical (unpaired) electrons. The Morgan fingerprint density at radius 3 is 2.75 bits per heavy atom. The van der Waals surface area contributed by atoms with Gasteiger partial charge >= 0.3 is 0 Å². The van der Waals surface area contributed by atoms with Gasteiger partial charge in [0.1, 0.15) is 16.2 Å². The topological polar surface area (TPSA) is 68.9 Å². The summed E-state index contributed by atoms with van der Waals surface area (Å²) in [7, 11) is 0. The maximum Gasteiger partial charge on any atom is 0.269 e. The Hall–Kier alpha value is -1.99. The van der Waals surface area contributed by atoms with Crippen LogP contribution in [0.4, 0.5) is 5.69 Å². The number of hydrogen-bond acceptors (Lipinski definition) is 6. The highest BCUT2D eigenvalue weighted by molar-refractivity contribution is 7.98. The molecule has 2 aromatic heterocycles. The Kier molecular flexibility index (Phi) is 4.20. The third-order valence-corrected chi connectivity index (χ3v) is 6.50. The molecule has 0 saturated heterocycles. The van der Waals surface area contributed by atoms with Gasteiger partial charge < -0.3 is 0 Å². The highest BCUT2D eigenvalue weighted by Gasteiger charge is 2.20. The predicted molar refractivity (Wildman–Crippen MR) is 96.7 cm³/mol. The van der Waals surface area contributed by atoms with Gasteiger partial charge in [0.15, 0.2) is 0 Å². The van der Waals surface area contributed by atoms with Crippen molar-refractivity contribution in [3.63, 3.8) is 0 Å². The van der Waals surface area contributed by atoms with Crippen molar-refractivity contribution in [2.75, 3.05) is 0 Å². The summed E-state index contributed by atoms with van der Waals surface area (Å²) in [4.78, 5) is 21.9. The van der Waals surface area contributed by atoms with E-state index in [1.165, 1.54) is 28.7 Å². The summed E-state index contributed by atoms with van der Waals surface area (Å²) in [5, 5.41) is 13.0. The average molecular weight is 357 g/mol. The number of benzene rings is 1. The minimum absolute atomic E-state index is 0.125. The fourth-order valence-corrected chi connectivity index (χ4v) is 5.31. The molecule has 0 fully saturated rings. The number of thiophene rings is 1. The van der Waals surface area contributed by atoms with Crippen LogP contribution in [-0.4, -0.2) is 14.9 Å². The molecule has 1 aromatic carbocycles. The second kappa shape index (κ2) is 6.49. The molecular formula is C17H15N3O2S2. The van der Waals surface area contributed by atoms with Crippen molar-refractivity contribution in [3.05, 3.63) is 56.7 Å². The van der Waals surface area contributed by atoms with Crippen LogP contribution in [0.15, 0.2) is 35.6 Å². The zero-order valence-corrected chi connectivity index (χ0v) is 14.5. The summed E-state index contributed by atoms with van der Waals surface area (Å²) in [6.07, 6.45) is 6.41. The van der Waals surface area contributed by atoms with Gasteiger partial charge in [-0.2, -0.15) is 0 Å². The van der Waals surface area contributed by atoms with E-state index in [4.69, 9.17) is 0 Å². The number of aryl methyl sites for hydroxylation is 2. The van der Waals surface area contributed by atoms with Crippen LogP contribution in [0.3, 0.4) is 0 Å². The van der Waals surface area contributed by atoms with Crippen LogP contribution in [0.2, 0.25) is 0 Å². The van der Waals surface area contributed by atoms with E-state index >= 15 is 0 Å². The largest absolute Gasteiger partial charge is 0.269 e. The van der Waals surface area contributed by atoms with E-state index in [9.17, 15) is 10.1 Å². The zero-order valence-electron chi connectivity index (χ0n) is 12.9. The van der Waals surface area contributed by atoms with Crippen molar-refractivity contribution in [2.45, 2.75) is 36.5 Å². The van der Waals surface area contributed by atoms with E-state index in [0.717, 1.165) is 34.0 Å². The van der Waals surface area contributed by atoms with Gasteiger partial charge in [-0.25, -0.2) is 9.97 Å². The molecule has 2 heterocycles. The number of nitro groups is 1. The second-order valence-corrected chi connectivity index (χ2v) is 7.83. The van der Waals surface area contributed by atoms with Gasteiger partial charge in [0, 0.05) is 28.1 Å². The Bertz CT molecular complexity index is 906. The summed E-state index contributed by atoms with van der Waals surface area (Å²) in [5.74, 6) is 0.745. The Balaban J connectivity index is 1.60. The van der Waals surface area contributed by atoms with Crippen LogP contribution in [0.25, 0.3) is 10.2 Å². The quantitative estimate of drug-likeness (QED) is 0.291. The van der Waals surface area contributed by atoms with Crippen LogP contribution in [0.1, 0.15) is 28.8 Å². The molecule has 0 unspecified atom stereocenters. The Morgan fingerprint density at radius 2 is 1.96 bits per heavy atom. The van der Waals surface area contributed by atoms with Crippen molar-refractivity contribution < 1.29 is 4.92 Å². The van der Waals surface area contributed by atoms with Crippen molar-refractivity contribution in [2.24, 2.45) is 0 Å². The third kappa shape index (κ3) is 2.89. The molecule has 0 atom stereocenters. The van der Waals surface area contributed by atoms with Gasteiger partial charge in [-0.3, -0.25) is 10.1 Å². The number of hydrogen-bond donors (Lipinski definition) is 0. The van der Waals surface area contributed by atoms with Gasteiger partial charge in [0.25, 0.3) is 5.69 Å². The number of rotatable bonds is 4. The first-order valence-corrected chi connectivity index (χ1v) is 9.64. The van der Waals surface area contributed by atoms with E-state index in [2.05, 4.69) is 9.97 Å². The van der Waals surface area contributed by atoms with Gasteiger partial charge in [-0.1, -0.05) is 12.1 Å². The van der Waals surface area contributed by atoms with Crippen molar-refractivity contribution in [1.29, 1.82) is 0 Å². The van der Waals surface area contributed by atoms with E-state index in [-0.39, 0.29) is 10.6 Å². The average Bonchev–Trinajstić information content (AvgIpc) is 2.99. The van der Waals surface area contributed by atoms with E-state index in [1.807, 2.05) is 12.1 Å². The van der Waals surface area contributed by atoms with Gasteiger partial charge in [-0.05, 0) is 36.8 Å². The molecule has 5 nitrogen and oxygen atoms in total. The predicted octanol–water partition coefficient (Wildman–Crippen LogP) is 4.77. The fraction of sp³-hybridized carbons (Fsp3) is 0.294. The molecular weight excluding hydrogens is 342 g/mol. The summed E-state index contributed by atoms with van der Waals surface area (Å²) >= 11 is 3.48. The first-order chi connectivity index (χ1) is 11.7. The smallest absolute Gasteiger partial charge is 0.258 e. The van der Waals surface area contributed by atoms with Crippen LogP contribution in [0, 0.1) is 10.1 Å². The molecule has 0 spiro atoms. The third-order valence-electron chi connectivity index (χ3n) is 4.24. The molecule has 0 amide bonds. The first kappa shape index (κ1) is 15.5. The molecule has 1 aliphatic carbocycles. The van der Waals surface area contributed by atoms with Crippen molar-refractivity contribution >= 4 is 39.0 Å². The summed E-state index contributed by atoms with van der Waals surface area (Å²) < 4.78 is 0. The SMILES string of the molecule is O=[N+]([O-])c1ccc(CSc2ncnc3sc4c(c23)CCCC4)cc1. The number of thioether (sulfide) groups is 1. The number of nitrogens with zero attached hydrogens (tertiary/aromatic N) is 3. The van der Waals surface area contributed by atoms with Gasteiger partial charge in [0.05, 0.1) is 4.92 Å². The summed E-state index contributed by atoms with van der Waals surface area (Å²) in [5.41, 5.74) is 2.62. The molecule has 0 N–H and O–H groups in total. The van der Waals surface area contributed by atoms with E-state index in [0.29, 0.717) is 0 Å². The van der Waals surface area contributed by atoms with Crippen molar-refractivity contribution in [3.8, 4) is 0 Å². The molecule has 0 saturated carbocycles. The van der Waals surface area contributed by atoms with Gasteiger partial charge in [-0.15, -0.1) is 23.1 Å². The summed E-state index contributed by atoms with van der Waals surface area (Å²) in [6.45, 7) is 0. The highest BCUT2D eigenvalue weighted by Crippen LogP contribution is 2.39. The second-order valence-electron chi connectivity index (χ2n) is 5.78. The molecule has 24 heavy (non-hydrogen) atoms. The molecule has 0 bridgehead atoms. The lowest BCUT2D eigenvalue weighted by molar-refractivity contribution is -0.384. The molecule has 122 valence electrons. The van der Waals surface area contributed by atoms with Crippen LogP contribution >= 0.6 is 23.1 Å².